The molecule has 0 aliphatic heterocycles. The maximum Gasteiger partial charge on any atom is 0.264 e. The maximum absolute atomic E-state index is 13.6. The molecule has 0 saturated carbocycles. The van der Waals surface area contributed by atoms with Crippen LogP contribution in [0.1, 0.15) is 5.56 Å². The Kier molecular flexibility index (Phi) is 8.10. The number of hydrazone groups is 1. The molecule has 0 aromatic heterocycles. The second-order valence-electron chi connectivity index (χ2n) is 6.93. The number of nitrogens with zero attached hydrogens (tertiary/aromatic N) is 2. The van der Waals surface area contributed by atoms with Crippen molar-refractivity contribution in [2.24, 2.45) is 5.10 Å². The minimum atomic E-state index is -4.16. The zero-order valence-corrected chi connectivity index (χ0v) is 19.8. The molecule has 0 aliphatic rings. The van der Waals surface area contributed by atoms with Gasteiger partial charge in [0.05, 0.1) is 38.1 Å². The summed E-state index contributed by atoms with van der Waals surface area (Å²) in [6.07, 6.45) is 1.47. The normalized spacial score (nSPS) is 11.1. The fourth-order valence-corrected chi connectivity index (χ4v) is 4.49. The van der Waals surface area contributed by atoms with E-state index in [4.69, 9.17) is 14.2 Å². The topological polar surface area (TPSA) is 107 Å². The van der Waals surface area contributed by atoms with Crippen molar-refractivity contribution in [3.8, 4) is 17.2 Å². The third-order valence-corrected chi connectivity index (χ3v) is 6.56. The molecule has 10 heteroatoms. The van der Waals surface area contributed by atoms with Crippen LogP contribution in [-0.4, -0.2) is 48.4 Å². The van der Waals surface area contributed by atoms with Crippen molar-refractivity contribution in [1.29, 1.82) is 0 Å². The highest BCUT2D eigenvalue weighted by molar-refractivity contribution is 7.92. The Balaban J connectivity index is 1.91. The number of carbonyl (C=O) groups excluding carboxylic acids is 1. The quantitative estimate of drug-likeness (QED) is 0.351. The van der Waals surface area contributed by atoms with Crippen LogP contribution in [0.3, 0.4) is 0 Å². The van der Waals surface area contributed by atoms with Crippen LogP contribution in [0.15, 0.2) is 82.8 Å². The number of sulfonamides is 1. The fourth-order valence-electron chi connectivity index (χ4n) is 3.05. The van der Waals surface area contributed by atoms with Crippen LogP contribution in [0.4, 0.5) is 5.69 Å². The summed E-state index contributed by atoms with van der Waals surface area (Å²) in [7, 11) is 0.211. The Hall–Kier alpha value is -4.05. The lowest BCUT2D eigenvalue weighted by molar-refractivity contribution is -0.119. The molecule has 0 saturated heterocycles. The standard InChI is InChI=1S/C24H25N3O6S/c1-31-20-11-9-19(10-12-20)27(17-24(28)26-25-16-18-7-5-4-6-8-18)34(29,30)21-13-14-22(32-2)23(15-21)33-3/h4-16H,17H2,1-3H3,(H,26,28). The molecule has 178 valence electrons. The Labute approximate surface area is 198 Å². The number of ether oxygens (including phenoxy) is 3. The first-order valence-corrected chi connectivity index (χ1v) is 11.6. The van der Waals surface area contributed by atoms with Gasteiger partial charge in [0.2, 0.25) is 0 Å². The third-order valence-electron chi connectivity index (χ3n) is 4.79. The summed E-state index contributed by atoms with van der Waals surface area (Å²) < 4.78 is 43.7. The van der Waals surface area contributed by atoms with E-state index in [2.05, 4.69) is 10.5 Å². The van der Waals surface area contributed by atoms with E-state index in [0.717, 1.165) is 9.87 Å². The molecule has 0 bridgehead atoms. The highest BCUT2D eigenvalue weighted by Gasteiger charge is 2.28. The lowest BCUT2D eigenvalue weighted by Crippen LogP contribution is -2.39. The Morgan fingerprint density at radius 2 is 1.59 bits per heavy atom. The van der Waals surface area contributed by atoms with E-state index in [1.165, 1.54) is 45.7 Å². The largest absolute Gasteiger partial charge is 0.497 e. The van der Waals surface area contributed by atoms with E-state index in [-0.39, 0.29) is 16.3 Å². The van der Waals surface area contributed by atoms with Gasteiger partial charge in [0.25, 0.3) is 15.9 Å². The number of anilines is 1. The molecule has 1 N–H and O–H groups in total. The number of nitrogens with one attached hydrogen (secondary N) is 1. The van der Waals surface area contributed by atoms with Gasteiger partial charge >= 0.3 is 0 Å². The lowest BCUT2D eigenvalue weighted by atomic mass is 10.2. The van der Waals surface area contributed by atoms with Gasteiger partial charge in [-0.15, -0.1) is 0 Å². The van der Waals surface area contributed by atoms with Gasteiger partial charge in [0.15, 0.2) is 11.5 Å². The summed E-state index contributed by atoms with van der Waals surface area (Å²) in [5.41, 5.74) is 3.43. The molecule has 0 atom stereocenters. The average molecular weight is 484 g/mol. The summed E-state index contributed by atoms with van der Waals surface area (Å²) in [6.45, 7) is -0.505. The van der Waals surface area contributed by atoms with Crippen molar-refractivity contribution >= 4 is 27.8 Å². The van der Waals surface area contributed by atoms with E-state index in [1.54, 1.807) is 24.3 Å². The van der Waals surface area contributed by atoms with Crippen LogP contribution >= 0.6 is 0 Å². The van der Waals surface area contributed by atoms with E-state index < -0.39 is 22.5 Å². The first-order chi connectivity index (χ1) is 16.4. The fraction of sp³-hybridized carbons (Fsp3) is 0.167. The van der Waals surface area contributed by atoms with Gasteiger partial charge in [-0.2, -0.15) is 5.10 Å². The molecule has 3 rings (SSSR count). The minimum Gasteiger partial charge on any atom is -0.497 e. The van der Waals surface area contributed by atoms with Crippen molar-refractivity contribution in [3.05, 3.63) is 78.4 Å². The first-order valence-electron chi connectivity index (χ1n) is 10.1. The highest BCUT2D eigenvalue weighted by atomic mass is 32.2. The van der Waals surface area contributed by atoms with Crippen LogP contribution in [0, 0.1) is 0 Å². The number of carbonyl (C=O) groups is 1. The average Bonchev–Trinajstić information content (AvgIpc) is 2.87. The van der Waals surface area contributed by atoms with Crippen LogP contribution in [0.25, 0.3) is 0 Å². The minimum absolute atomic E-state index is 0.0680. The Bertz CT molecular complexity index is 1250. The SMILES string of the molecule is COc1ccc(N(CC(=O)NN=Cc2ccccc2)S(=O)(=O)c2ccc(OC)c(OC)c2)cc1. The number of rotatable bonds is 10. The summed E-state index contributed by atoms with van der Waals surface area (Å²) in [5.74, 6) is 0.553. The van der Waals surface area contributed by atoms with Crippen LogP contribution in [0.2, 0.25) is 0 Å². The number of hydrogen-bond donors (Lipinski definition) is 1. The molecule has 9 nitrogen and oxygen atoms in total. The summed E-state index contributed by atoms with van der Waals surface area (Å²) >= 11 is 0. The summed E-state index contributed by atoms with van der Waals surface area (Å²) in [6, 6.07) is 19.7. The van der Waals surface area contributed by atoms with Crippen molar-refractivity contribution in [3.63, 3.8) is 0 Å². The third kappa shape index (κ3) is 5.84. The van der Waals surface area contributed by atoms with Gasteiger partial charge in [-0.05, 0) is 42.0 Å². The smallest absolute Gasteiger partial charge is 0.264 e. The predicted molar refractivity (Wildman–Crippen MR) is 129 cm³/mol. The van der Waals surface area contributed by atoms with E-state index in [9.17, 15) is 13.2 Å². The molecule has 34 heavy (non-hydrogen) atoms. The molecule has 0 spiro atoms. The molecule has 1 amide bonds. The van der Waals surface area contributed by atoms with Crippen LogP contribution < -0.4 is 23.9 Å². The van der Waals surface area contributed by atoms with Crippen molar-refractivity contribution in [1.82, 2.24) is 5.43 Å². The number of methoxy groups -OCH3 is 3. The van der Waals surface area contributed by atoms with Gasteiger partial charge in [-0.3, -0.25) is 9.10 Å². The molecule has 0 aliphatic carbocycles. The molecular formula is C24H25N3O6S. The van der Waals surface area contributed by atoms with Crippen molar-refractivity contribution in [2.45, 2.75) is 4.90 Å². The molecule has 3 aromatic carbocycles. The molecule has 0 heterocycles. The van der Waals surface area contributed by atoms with Crippen molar-refractivity contribution in [2.75, 3.05) is 32.2 Å². The Morgan fingerprint density at radius 1 is 0.912 bits per heavy atom. The van der Waals surface area contributed by atoms with E-state index in [0.29, 0.717) is 11.5 Å². The van der Waals surface area contributed by atoms with Crippen LogP contribution in [-0.2, 0) is 14.8 Å². The van der Waals surface area contributed by atoms with Crippen LogP contribution in [0.5, 0.6) is 17.2 Å². The Morgan fingerprint density at radius 3 is 2.21 bits per heavy atom. The summed E-state index contributed by atoms with van der Waals surface area (Å²) in [4.78, 5) is 12.6. The molecule has 0 unspecified atom stereocenters. The molecule has 0 radical (unpaired) electrons. The van der Waals surface area contributed by atoms with E-state index in [1.807, 2.05) is 30.3 Å². The number of hydrogen-bond acceptors (Lipinski definition) is 7. The van der Waals surface area contributed by atoms with Gasteiger partial charge in [0, 0.05) is 6.07 Å². The number of benzene rings is 3. The van der Waals surface area contributed by atoms with Gasteiger partial charge < -0.3 is 14.2 Å². The zero-order chi connectivity index (χ0) is 24.6. The second-order valence-corrected chi connectivity index (χ2v) is 8.79. The maximum atomic E-state index is 13.6. The second kappa shape index (κ2) is 11.2. The first kappa shape index (κ1) is 24.6. The molecule has 0 fully saturated rings. The van der Waals surface area contributed by atoms with Gasteiger partial charge in [-0.1, -0.05) is 30.3 Å². The zero-order valence-electron chi connectivity index (χ0n) is 19.0. The summed E-state index contributed by atoms with van der Waals surface area (Å²) in [5, 5.41) is 3.92. The highest BCUT2D eigenvalue weighted by Crippen LogP contribution is 2.32. The van der Waals surface area contributed by atoms with Crippen molar-refractivity contribution < 1.29 is 27.4 Å². The lowest BCUT2D eigenvalue weighted by Gasteiger charge is -2.24. The van der Waals surface area contributed by atoms with E-state index >= 15 is 0 Å². The monoisotopic (exact) mass is 483 g/mol. The number of amides is 1. The van der Waals surface area contributed by atoms with Gasteiger partial charge in [-0.25, -0.2) is 13.8 Å². The molecular weight excluding hydrogens is 458 g/mol. The van der Waals surface area contributed by atoms with Gasteiger partial charge in [0.1, 0.15) is 12.3 Å². The predicted octanol–water partition coefficient (Wildman–Crippen LogP) is 3.06. The molecule has 3 aromatic rings.